The topological polar surface area (TPSA) is 71.3 Å². The Kier molecular flexibility index (Phi) is 5.09. The second-order valence-corrected chi connectivity index (χ2v) is 8.29. The SMILES string of the molecule is CC(C)c1ncccc1-c1ncc2c(n1)N(Cc1ccc(C3C=CC(F)=N3)cc1)C(=O)C2. The van der Waals surface area contributed by atoms with Gasteiger partial charge in [-0.15, -0.1) is 0 Å². The Balaban J connectivity index is 1.42. The molecule has 1 amide bonds. The highest BCUT2D eigenvalue weighted by Crippen LogP contribution is 2.32. The van der Waals surface area contributed by atoms with Crippen LogP contribution in [0.3, 0.4) is 0 Å². The molecule has 2 aliphatic rings. The Labute approximate surface area is 185 Å². The molecule has 2 aromatic heterocycles. The van der Waals surface area contributed by atoms with Gasteiger partial charge < -0.3 is 0 Å². The first-order valence-electron chi connectivity index (χ1n) is 10.6. The molecule has 1 atom stereocenters. The van der Waals surface area contributed by atoms with Gasteiger partial charge in [0.1, 0.15) is 5.82 Å². The standard InChI is InChI=1S/C25H22FN5O/c1-15(2)23-19(4-3-11-27-23)24-28-13-18-12-22(32)31(25(18)30-24)14-16-5-7-17(8-6-16)20-9-10-21(26)29-20/h3-11,13,15,20H,12,14H2,1-2H3. The van der Waals surface area contributed by atoms with Gasteiger partial charge in [0.15, 0.2) is 5.82 Å². The monoisotopic (exact) mass is 427 g/mol. The zero-order valence-electron chi connectivity index (χ0n) is 17.9. The van der Waals surface area contributed by atoms with Crippen LogP contribution in [0.15, 0.2) is 65.9 Å². The van der Waals surface area contributed by atoms with Gasteiger partial charge in [-0.3, -0.25) is 14.7 Å². The van der Waals surface area contributed by atoms with E-state index >= 15 is 0 Å². The second kappa shape index (κ2) is 8.07. The number of aromatic nitrogens is 3. The molecule has 2 aliphatic heterocycles. The zero-order valence-corrected chi connectivity index (χ0v) is 17.9. The van der Waals surface area contributed by atoms with Crippen molar-refractivity contribution < 1.29 is 9.18 Å². The summed E-state index contributed by atoms with van der Waals surface area (Å²) in [5.74, 6) is 0.989. The Morgan fingerprint density at radius 2 is 1.97 bits per heavy atom. The van der Waals surface area contributed by atoms with Crippen molar-refractivity contribution in [1.29, 1.82) is 0 Å². The molecule has 7 heteroatoms. The van der Waals surface area contributed by atoms with Crippen LogP contribution in [0.25, 0.3) is 11.4 Å². The van der Waals surface area contributed by atoms with E-state index in [0.717, 1.165) is 27.9 Å². The number of benzene rings is 1. The number of hydrogen-bond donors (Lipinski definition) is 0. The number of pyridine rings is 1. The maximum absolute atomic E-state index is 13.2. The molecule has 0 spiro atoms. The molecule has 1 unspecified atom stereocenters. The Hall–Kier alpha value is -3.74. The number of rotatable bonds is 5. The molecule has 0 fully saturated rings. The Bertz CT molecular complexity index is 1250. The number of anilines is 1. The maximum atomic E-state index is 13.2. The van der Waals surface area contributed by atoms with Crippen molar-refractivity contribution >= 4 is 17.7 Å². The van der Waals surface area contributed by atoms with Crippen LogP contribution in [-0.2, 0) is 17.8 Å². The van der Waals surface area contributed by atoms with Crippen molar-refractivity contribution in [2.24, 2.45) is 4.99 Å². The molecule has 160 valence electrons. The van der Waals surface area contributed by atoms with E-state index < -0.39 is 5.97 Å². The number of carbonyl (C=O) groups is 1. The van der Waals surface area contributed by atoms with Crippen LogP contribution in [0.5, 0.6) is 0 Å². The van der Waals surface area contributed by atoms with Crippen molar-refractivity contribution in [1.82, 2.24) is 15.0 Å². The van der Waals surface area contributed by atoms with Gasteiger partial charge in [0, 0.05) is 23.5 Å². The summed E-state index contributed by atoms with van der Waals surface area (Å²) in [5, 5.41) is 0. The van der Waals surface area contributed by atoms with E-state index in [1.165, 1.54) is 6.08 Å². The van der Waals surface area contributed by atoms with Gasteiger partial charge in [-0.25, -0.2) is 15.0 Å². The van der Waals surface area contributed by atoms with Gasteiger partial charge in [-0.05, 0) is 35.3 Å². The minimum Gasteiger partial charge on any atom is -0.292 e. The number of fused-ring (bicyclic) bond motifs is 1. The molecule has 0 radical (unpaired) electrons. The van der Waals surface area contributed by atoms with E-state index in [2.05, 4.69) is 28.8 Å². The lowest BCUT2D eigenvalue weighted by Gasteiger charge is -2.18. The van der Waals surface area contributed by atoms with Gasteiger partial charge in [0.25, 0.3) is 0 Å². The number of aliphatic imine (C=N–C) groups is 1. The fourth-order valence-electron chi connectivity index (χ4n) is 4.07. The van der Waals surface area contributed by atoms with E-state index in [0.29, 0.717) is 24.6 Å². The number of nitrogens with zero attached hydrogens (tertiary/aromatic N) is 5. The largest absolute Gasteiger partial charge is 0.292 e. The lowest BCUT2D eigenvalue weighted by Crippen LogP contribution is -2.26. The van der Waals surface area contributed by atoms with Crippen molar-refractivity contribution in [3.63, 3.8) is 0 Å². The minimum atomic E-state index is -0.455. The molecule has 4 heterocycles. The van der Waals surface area contributed by atoms with Crippen molar-refractivity contribution in [3.8, 4) is 11.4 Å². The first-order valence-corrected chi connectivity index (χ1v) is 10.6. The minimum absolute atomic E-state index is 0.00352. The normalized spacial score (nSPS) is 17.2. The summed E-state index contributed by atoms with van der Waals surface area (Å²) in [6.07, 6.45) is 6.91. The molecule has 32 heavy (non-hydrogen) atoms. The average molecular weight is 427 g/mol. The summed E-state index contributed by atoms with van der Waals surface area (Å²) in [6, 6.07) is 11.3. The third-order valence-corrected chi connectivity index (χ3v) is 5.71. The molecule has 0 saturated carbocycles. The predicted molar refractivity (Wildman–Crippen MR) is 121 cm³/mol. The maximum Gasteiger partial charge on any atom is 0.233 e. The molecule has 6 nitrogen and oxygen atoms in total. The summed E-state index contributed by atoms with van der Waals surface area (Å²) in [4.78, 5) is 32.2. The quantitative estimate of drug-likeness (QED) is 0.590. The summed E-state index contributed by atoms with van der Waals surface area (Å²) < 4.78 is 13.2. The van der Waals surface area contributed by atoms with Crippen molar-refractivity contribution in [3.05, 3.63) is 83.3 Å². The van der Waals surface area contributed by atoms with Crippen LogP contribution in [-0.4, -0.2) is 26.8 Å². The van der Waals surface area contributed by atoms with Gasteiger partial charge in [-0.2, -0.15) is 4.39 Å². The predicted octanol–water partition coefficient (Wildman–Crippen LogP) is 4.73. The van der Waals surface area contributed by atoms with Crippen LogP contribution in [0.2, 0.25) is 0 Å². The lowest BCUT2D eigenvalue weighted by atomic mass is 10.0. The van der Waals surface area contributed by atoms with E-state index in [4.69, 9.17) is 4.98 Å². The molecule has 5 rings (SSSR count). The first-order chi connectivity index (χ1) is 15.5. The number of allylic oxidation sites excluding steroid dienone is 1. The molecule has 0 bridgehead atoms. The highest BCUT2D eigenvalue weighted by molar-refractivity contribution is 6.00. The van der Waals surface area contributed by atoms with Gasteiger partial charge >= 0.3 is 0 Å². The second-order valence-electron chi connectivity index (χ2n) is 8.29. The fraction of sp³-hybridized carbons (Fsp3) is 0.240. The number of hydrogen-bond acceptors (Lipinski definition) is 5. The van der Waals surface area contributed by atoms with E-state index in [1.807, 2.05) is 36.4 Å². The van der Waals surface area contributed by atoms with E-state index in [1.54, 1.807) is 23.4 Å². The molecule has 0 aliphatic carbocycles. The highest BCUT2D eigenvalue weighted by atomic mass is 19.1. The summed E-state index contributed by atoms with van der Waals surface area (Å²) in [5.41, 5.74) is 4.51. The van der Waals surface area contributed by atoms with E-state index in [-0.39, 0.29) is 17.9 Å². The summed E-state index contributed by atoms with van der Waals surface area (Å²) in [7, 11) is 0. The molecule has 0 saturated heterocycles. The third-order valence-electron chi connectivity index (χ3n) is 5.71. The number of amides is 1. The summed E-state index contributed by atoms with van der Waals surface area (Å²) in [6.45, 7) is 4.57. The van der Waals surface area contributed by atoms with Crippen molar-refractivity contribution in [2.75, 3.05) is 4.90 Å². The zero-order chi connectivity index (χ0) is 22.2. The van der Waals surface area contributed by atoms with Gasteiger partial charge in [0.05, 0.1) is 24.7 Å². The van der Waals surface area contributed by atoms with Crippen LogP contribution in [0, 0.1) is 0 Å². The third kappa shape index (κ3) is 3.70. The molecule has 1 aromatic carbocycles. The molecule has 3 aromatic rings. The summed E-state index contributed by atoms with van der Waals surface area (Å²) >= 11 is 0. The van der Waals surface area contributed by atoms with Crippen LogP contribution in [0.1, 0.15) is 48.2 Å². The van der Waals surface area contributed by atoms with E-state index in [9.17, 15) is 9.18 Å². The van der Waals surface area contributed by atoms with Gasteiger partial charge in [-0.1, -0.05) is 44.2 Å². The number of halogens is 1. The first kappa shape index (κ1) is 20.2. The Morgan fingerprint density at radius 1 is 1.16 bits per heavy atom. The fourth-order valence-corrected chi connectivity index (χ4v) is 4.07. The Morgan fingerprint density at radius 3 is 2.69 bits per heavy atom. The molecular formula is C25H22FN5O. The van der Waals surface area contributed by atoms with Gasteiger partial charge in [0.2, 0.25) is 11.9 Å². The molecule has 0 N–H and O–H groups in total. The average Bonchev–Trinajstić information content (AvgIpc) is 3.37. The van der Waals surface area contributed by atoms with Crippen LogP contribution < -0.4 is 4.90 Å². The molecular weight excluding hydrogens is 405 g/mol. The van der Waals surface area contributed by atoms with Crippen LogP contribution >= 0.6 is 0 Å². The smallest absolute Gasteiger partial charge is 0.233 e. The lowest BCUT2D eigenvalue weighted by molar-refractivity contribution is -0.117. The number of carbonyl (C=O) groups excluding carboxylic acids is 1. The van der Waals surface area contributed by atoms with Crippen LogP contribution in [0.4, 0.5) is 10.2 Å². The highest BCUT2D eigenvalue weighted by Gasteiger charge is 2.30. The van der Waals surface area contributed by atoms with Crippen molar-refractivity contribution in [2.45, 2.75) is 38.8 Å².